The maximum atomic E-state index is 13.0. The fraction of sp³-hybridized carbons (Fsp3) is 0.316. The number of rotatable bonds is 2. The van der Waals surface area contributed by atoms with Crippen LogP contribution >= 0.6 is 0 Å². The van der Waals surface area contributed by atoms with Crippen molar-refractivity contribution in [2.24, 2.45) is 9.98 Å². The van der Waals surface area contributed by atoms with Gasteiger partial charge >= 0.3 is 0 Å². The number of nitrogens with zero attached hydrogens (tertiary/aromatic N) is 3. The average molecular weight is 366 g/mol. The molecule has 0 atom stereocenters. The number of hydrogen-bond donors (Lipinski definition) is 1. The molecule has 0 fully saturated rings. The average Bonchev–Trinajstić information content (AvgIpc) is 3.27. The van der Waals surface area contributed by atoms with Crippen molar-refractivity contribution in [2.45, 2.75) is 26.3 Å². The van der Waals surface area contributed by atoms with Crippen LogP contribution in [0.25, 0.3) is 0 Å². The Morgan fingerprint density at radius 3 is 2.93 bits per heavy atom. The molecule has 8 heteroatoms. The molecule has 0 saturated carbocycles. The summed E-state index contributed by atoms with van der Waals surface area (Å²) in [6.45, 7) is 6.74. The Labute approximate surface area is 155 Å². The highest BCUT2D eigenvalue weighted by Crippen LogP contribution is 2.38. The number of amides is 1. The van der Waals surface area contributed by atoms with Gasteiger partial charge in [-0.1, -0.05) is 0 Å². The van der Waals surface area contributed by atoms with Gasteiger partial charge in [0.1, 0.15) is 17.9 Å². The Balaban J connectivity index is 1.52. The molecule has 1 amide bonds. The van der Waals surface area contributed by atoms with Gasteiger partial charge in [0.15, 0.2) is 11.5 Å². The molecule has 1 aromatic heterocycles. The standard InChI is InChI=1S/C19H18N4O4/c1-10-14(17(24)21-11-4-5-12-13(6-11)26-9-25-12)15-16-22-19(2,3)7-23(16)8-20-18(15)27-10/h4-6,8H,7,9H2,1-3H3,(H,21,24). The summed E-state index contributed by atoms with van der Waals surface area (Å²) >= 11 is 0. The summed E-state index contributed by atoms with van der Waals surface area (Å²) in [5.41, 5.74) is 1.45. The third kappa shape index (κ3) is 2.48. The predicted octanol–water partition coefficient (Wildman–Crippen LogP) is 3.08. The van der Waals surface area contributed by atoms with Crippen molar-refractivity contribution in [2.75, 3.05) is 18.7 Å². The summed E-state index contributed by atoms with van der Waals surface area (Å²) in [5.74, 6) is 2.63. The Morgan fingerprint density at radius 1 is 1.26 bits per heavy atom. The van der Waals surface area contributed by atoms with Crippen LogP contribution in [-0.4, -0.2) is 41.9 Å². The number of ether oxygens (including phenoxy) is 2. The molecular formula is C19H18N4O4. The number of furan rings is 1. The van der Waals surface area contributed by atoms with Crippen LogP contribution in [0.2, 0.25) is 0 Å². The van der Waals surface area contributed by atoms with E-state index in [0.717, 1.165) is 5.84 Å². The van der Waals surface area contributed by atoms with Gasteiger partial charge in [0.05, 0.1) is 23.2 Å². The lowest BCUT2D eigenvalue weighted by molar-refractivity contribution is 0.102. The highest BCUT2D eigenvalue weighted by Gasteiger charge is 2.39. The second-order valence-corrected chi connectivity index (χ2v) is 7.36. The van der Waals surface area contributed by atoms with Crippen molar-refractivity contribution in [3.05, 3.63) is 35.1 Å². The molecule has 138 valence electrons. The number of nitrogens with one attached hydrogen (secondary N) is 1. The van der Waals surface area contributed by atoms with E-state index in [0.29, 0.717) is 46.5 Å². The lowest BCUT2D eigenvalue weighted by Crippen LogP contribution is -2.33. The number of fused-ring (bicyclic) bond motifs is 4. The minimum Gasteiger partial charge on any atom is -0.454 e. The lowest BCUT2D eigenvalue weighted by atomic mass is 10.1. The second kappa shape index (κ2) is 5.35. The van der Waals surface area contributed by atoms with E-state index in [1.807, 2.05) is 18.7 Å². The molecule has 3 aliphatic heterocycles. The van der Waals surface area contributed by atoms with E-state index in [1.54, 1.807) is 31.5 Å². The number of amidine groups is 1. The maximum Gasteiger partial charge on any atom is 0.260 e. The highest BCUT2D eigenvalue weighted by molar-refractivity contribution is 6.20. The Hall–Kier alpha value is -3.29. The number of benzene rings is 1. The first-order chi connectivity index (χ1) is 12.9. The van der Waals surface area contributed by atoms with Gasteiger partial charge < -0.3 is 24.1 Å². The van der Waals surface area contributed by atoms with Gasteiger partial charge in [-0.05, 0) is 32.9 Å². The van der Waals surface area contributed by atoms with E-state index in [-0.39, 0.29) is 18.2 Å². The molecule has 0 bridgehead atoms. The van der Waals surface area contributed by atoms with Crippen molar-refractivity contribution in [3.8, 4) is 11.5 Å². The molecular weight excluding hydrogens is 348 g/mol. The first kappa shape index (κ1) is 15.9. The van der Waals surface area contributed by atoms with Crippen LogP contribution in [0, 0.1) is 6.92 Å². The van der Waals surface area contributed by atoms with Gasteiger partial charge in [-0.3, -0.25) is 9.79 Å². The molecule has 27 heavy (non-hydrogen) atoms. The minimum atomic E-state index is -0.277. The summed E-state index contributed by atoms with van der Waals surface area (Å²) in [4.78, 5) is 24.1. The molecule has 0 unspecified atom stereocenters. The third-order valence-electron chi connectivity index (χ3n) is 4.70. The number of carbonyl (C=O) groups is 1. The smallest absolute Gasteiger partial charge is 0.260 e. The maximum absolute atomic E-state index is 13.0. The van der Waals surface area contributed by atoms with E-state index in [1.165, 1.54) is 0 Å². The second-order valence-electron chi connectivity index (χ2n) is 7.36. The number of hydrogen-bond acceptors (Lipinski definition) is 7. The molecule has 2 aromatic rings. The van der Waals surface area contributed by atoms with E-state index in [9.17, 15) is 4.79 Å². The van der Waals surface area contributed by atoms with Crippen LogP contribution in [0.1, 0.15) is 35.5 Å². The molecule has 0 saturated heterocycles. The SMILES string of the molecule is Cc1oc2c(c1C(=O)Nc1ccc3c(c1)OCO3)C1=NC(C)(C)CN1C=N2. The summed E-state index contributed by atoms with van der Waals surface area (Å²) in [6.07, 6.45) is 1.71. The van der Waals surface area contributed by atoms with Gasteiger partial charge in [0.25, 0.3) is 5.91 Å². The van der Waals surface area contributed by atoms with Gasteiger partial charge in [-0.2, -0.15) is 0 Å². The number of aliphatic imine (C=N–C) groups is 2. The van der Waals surface area contributed by atoms with Crippen LogP contribution in [0.15, 0.2) is 32.6 Å². The van der Waals surface area contributed by atoms with Crippen LogP contribution in [0.4, 0.5) is 11.6 Å². The quantitative estimate of drug-likeness (QED) is 0.882. The van der Waals surface area contributed by atoms with Crippen molar-refractivity contribution >= 4 is 29.7 Å². The fourth-order valence-corrected chi connectivity index (χ4v) is 3.56. The van der Waals surface area contributed by atoms with Gasteiger partial charge in [-0.25, -0.2) is 4.99 Å². The third-order valence-corrected chi connectivity index (χ3v) is 4.70. The summed E-state index contributed by atoms with van der Waals surface area (Å²) < 4.78 is 16.4. The van der Waals surface area contributed by atoms with Crippen LogP contribution < -0.4 is 14.8 Å². The normalized spacial score (nSPS) is 18.2. The summed E-state index contributed by atoms with van der Waals surface area (Å²) in [7, 11) is 0. The molecule has 1 aromatic carbocycles. The first-order valence-corrected chi connectivity index (χ1v) is 8.67. The predicted molar refractivity (Wildman–Crippen MR) is 99.4 cm³/mol. The Bertz CT molecular complexity index is 1030. The van der Waals surface area contributed by atoms with Gasteiger partial charge in [0.2, 0.25) is 12.7 Å². The topological polar surface area (TPSA) is 88.7 Å². The van der Waals surface area contributed by atoms with Crippen molar-refractivity contribution < 1.29 is 18.7 Å². The number of aryl methyl sites for hydroxylation is 1. The zero-order valence-electron chi connectivity index (χ0n) is 15.2. The lowest BCUT2D eigenvalue weighted by Gasteiger charge is -2.20. The molecule has 3 aliphatic rings. The van der Waals surface area contributed by atoms with E-state index in [2.05, 4.69) is 10.3 Å². The molecule has 0 aliphatic carbocycles. The summed E-state index contributed by atoms with van der Waals surface area (Å²) in [5, 5.41) is 2.91. The van der Waals surface area contributed by atoms with E-state index in [4.69, 9.17) is 18.9 Å². The largest absolute Gasteiger partial charge is 0.454 e. The molecule has 8 nitrogen and oxygen atoms in total. The molecule has 5 rings (SSSR count). The first-order valence-electron chi connectivity index (χ1n) is 8.67. The number of anilines is 1. The fourth-order valence-electron chi connectivity index (χ4n) is 3.56. The Kier molecular flexibility index (Phi) is 3.16. The molecule has 4 heterocycles. The zero-order chi connectivity index (χ0) is 18.8. The molecule has 0 spiro atoms. The van der Waals surface area contributed by atoms with Crippen LogP contribution in [-0.2, 0) is 0 Å². The van der Waals surface area contributed by atoms with E-state index >= 15 is 0 Å². The van der Waals surface area contributed by atoms with Crippen molar-refractivity contribution in [1.82, 2.24) is 4.90 Å². The zero-order valence-corrected chi connectivity index (χ0v) is 15.2. The Morgan fingerprint density at radius 2 is 2.07 bits per heavy atom. The van der Waals surface area contributed by atoms with Gasteiger partial charge in [-0.15, -0.1) is 0 Å². The highest BCUT2D eigenvalue weighted by atomic mass is 16.7. The van der Waals surface area contributed by atoms with E-state index < -0.39 is 0 Å². The summed E-state index contributed by atoms with van der Waals surface area (Å²) in [6, 6.07) is 5.28. The molecule has 1 N–H and O–H groups in total. The van der Waals surface area contributed by atoms with Crippen LogP contribution in [0.5, 0.6) is 11.5 Å². The number of carbonyl (C=O) groups excluding carboxylic acids is 1. The van der Waals surface area contributed by atoms with Crippen molar-refractivity contribution in [1.29, 1.82) is 0 Å². The van der Waals surface area contributed by atoms with Crippen molar-refractivity contribution in [3.63, 3.8) is 0 Å². The monoisotopic (exact) mass is 366 g/mol. The molecule has 0 radical (unpaired) electrons. The van der Waals surface area contributed by atoms with Crippen LogP contribution in [0.3, 0.4) is 0 Å². The minimum absolute atomic E-state index is 0.185. The van der Waals surface area contributed by atoms with Gasteiger partial charge in [0, 0.05) is 11.8 Å².